The number of nitrogens with zero attached hydrogens (tertiary/aromatic N) is 2. The minimum Gasteiger partial charge on any atom is -0.478 e. The first-order valence-electron chi connectivity index (χ1n) is 7.53. The smallest absolute Gasteiger partial charge is 0.335 e. The highest BCUT2D eigenvalue weighted by Gasteiger charge is 2.30. The van der Waals surface area contributed by atoms with Crippen molar-refractivity contribution in [2.45, 2.75) is 25.2 Å². The van der Waals surface area contributed by atoms with E-state index >= 15 is 0 Å². The number of carbonyl (C=O) groups excluding carboxylic acids is 2. The lowest BCUT2D eigenvalue weighted by molar-refractivity contribution is -0.125. The van der Waals surface area contributed by atoms with E-state index in [1.54, 1.807) is 17.0 Å². The zero-order chi connectivity index (χ0) is 16.4. The van der Waals surface area contributed by atoms with Crippen molar-refractivity contribution >= 4 is 23.5 Å². The number of carboxylic acid groups (broad SMARTS) is 1. The molecule has 2 heterocycles. The summed E-state index contributed by atoms with van der Waals surface area (Å²) in [4.78, 5) is 36.4. The lowest BCUT2D eigenvalue weighted by Crippen LogP contribution is -2.41. The van der Waals surface area contributed by atoms with E-state index in [1.165, 1.54) is 0 Å². The number of aromatic carboxylic acids is 1. The quantitative estimate of drug-likeness (QED) is 0.868. The molecule has 0 aliphatic carbocycles. The number of amides is 2. The maximum absolute atomic E-state index is 12.3. The maximum Gasteiger partial charge on any atom is 0.335 e. The third kappa shape index (κ3) is 3.08. The topological polar surface area (TPSA) is 99.1 Å². The van der Waals surface area contributed by atoms with Crippen LogP contribution in [0.3, 0.4) is 0 Å². The number of hydrazone groups is 1. The summed E-state index contributed by atoms with van der Waals surface area (Å²) in [6.45, 7) is 1.06. The van der Waals surface area contributed by atoms with Crippen LogP contribution in [0.5, 0.6) is 0 Å². The van der Waals surface area contributed by atoms with Gasteiger partial charge in [0.05, 0.1) is 12.0 Å². The summed E-state index contributed by atoms with van der Waals surface area (Å²) in [7, 11) is 0. The number of nitrogens with one attached hydrogen (secondary N) is 1. The van der Waals surface area contributed by atoms with Crippen LogP contribution in [-0.2, 0) is 9.59 Å². The fourth-order valence-electron chi connectivity index (χ4n) is 3.11. The first-order valence-corrected chi connectivity index (χ1v) is 7.53. The Morgan fingerprint density at radius 3 is 2.52 bits per heavy atom. The van der Waals surface area contributed by atoms with E-state index in [-0.39, 0.29) is 29.9 Å². The number of hydrogen-bond acceptors (Lipinski definition) is 4. The van der Waals surface area contributed by atoms with Gasteiger partial charge in [-0.1, -0.05) is 18.2 Å². The Bertz CT molecular complexity index is 690. The molecule has 0 saturated carbocycles. The Balaban J connectivity index is 1.66. The van der Waals surface area contributed by atoms with Crippen molar-refractivity contribution in [3.05, 3.63) is 35.4 Å². The molecule has 0 atom stereocenters. The predicted molar refractivity (Wildman–Crippen MR) is 82.2 cm³/mol. The highest BCUT2D eigenvalue weighted by molar-refractivity contribution is 6.43. The molecular formula is C16H17N3O4. The molecule has 2 amide bonds. The fraction of sp³-hybridized carbons (Fsp3) is 0.375. The van der Waals surface area contributed by atoms with Crippen LogP contribution < -0.4 is 5.43 Å². The van der Waals surface area contributed by atoms with E-state index < -0.39 is 5.97 Å². The van der Waals surface area contributed by atoms with Crippen LogP contribution in [-0.4, -0.2) is 46.6 Å². The molecule has 0 bridgehead atoms. The van der Waals surface area contributed by atoms with Crippen LogP contribution in [0.4, 0.5) is 0 Å². The minimum absolute atomic E-state index is 0.0284. The molecule has 2 N–H and O–H groups in total. The number of carbonyl (C=O) groups is 3. The van der Waals surface area contributed by atoms with E-state index in [1.807, 2.05) is 12.1 Å². The van der Waals surface area contributed by atoms with Gasteiger partial charge in [0.25, 0.3) is 5.91 Å². The van der Waals surface area contributed by atoms with Gasteiger partial charge in [0, 0.05) is 13.1 Å². The molecule has 1 fully saturated rings. The van der Waals surface area contributed by atoms with Gasteiger partial charge in [0.1, 0.15) is 5.71 Å². The average Bonchev–Trinajstić information content (AvgIpc) is 3.01. The Morgan fingerprint density at radius 1 is 1.22 bits per heavy atom. The van der Waals surface area contributed by atoms with Gasteiger partial charge >= 0.3 is 5.97 Å². The molecule has 2 aliphatic heterocycles. The van der Waals surface area contributed by atoms with Gasteiger partial charge in [-0.25, -0.2) is 10.2 Å². The number of carboxylic acids is 1. The van der Waals surface area contributed by atoms with Crippen LogP contribution in [0.15, 0.2) is 29.4 Å². The summed E-state index contributed by atoms with van der Waals surface area (Å²) in [5.74, 6) is -1.28. The lowest BCUT2D eigenvalue weighted by atomic mass is 9.86. The summed E-state index contributed by atoms with van der Waals surface area (Å²) in [5, 5.41) is 13.0. The van der Waals surface area contributed by atoms with Crippen LogP contribution in [0, 0.1) is 0 Å². The van der Waals surface area contributed by atoms with Gasteiger partial charge in [0.2, 0.25) is 5.91 Å². The number of likely N-dealkylation sites (tertiary alicyclic amines) is 1. The Hall–Kier alpha value is -2.70. The van der Waals surface area contributed by atoms with Gasteiger partial charge in [-0.2, -0.15) is 5.10 Å². The molecule has 0 spiro atoms. The molecule has 7 nitrogen and oxygen atoms in total. The molecule has 0 unspecified atom stereocenters. The normalized spacial score (nSPS) is 18.5. The second kappa shape index (κ2) is 6.20. The van der Waals surface area contributed by atoms with Crippen molar-refractivity contribution in [1.29, 1.82) is 0 Å². The molecule has 0 aromatic heterocycles. The molecular weight excluding hydrogens is 298 g/mol. The average molecular weight is 315 g/mol. The van der Waals surface area contributed by atoms with E-state index in [0.717, 1.165) is 5.56 Å². The predicted octanol–water partition coefficient (Wildman–Crippen LogP) is 0.967. The van der Waals surface area contributed by atoms with Crippen LogP contribution in [0.2, 0.25) is 0 Å². The van der Waals surface area contributed by atoms with Crippen molar-refractivity contribution in [3.8, 4) is 0 Å². The highest BCUT2D eigenvalue weighted by atomic mass is 16.4. The third-order valence-corrected chi connectivity index (χ3v) is 4.30. The Labute approximate surface area is 133 Å². The number of rotatable bonds is 3. The summed E-state index contributed by atoms with van der Waals surface area (Å²) in [6, 6.07) is 7.01. The monoisotopic (exact) mass is 315 g/mol. The van der Waals surface area contributed by atoms with Crippen molar-refractivity contribution in [2.24, 2.45) is 5.10 Å². The number of hydrogen-bond donors (Lipinski definition) is 2. The molecule has 23 heavy (non-hydrogen) atoms. The lowest BCUT2D eigenvalue weighted by Gasteiger charge is -2.32. The molecule has 1 saturated heterocycles. The summed E-state index contributed by atoms with van der Waals surface area (Å²) < 4.78 is 0. The summed E-state index contributed by atoms with van der Waals surface area (Å²) in [6.07, 6.45) is 1.43. The molecule has 0 radical (unpaired) electrons. The molecule has 1 aromatic rings. The van der Waals surface area contributed by atoms with Gasteiger partial charge in [-0.05, 0) is 30.4 Å². The molecule has 1 aromatic carbocycles. The van der Waals surface area contributed by atoms with E-state index in [4.69, 9.17) is 0 Å². The Kier molecular flexibility index (Phi) is 4.10. The summed E-state index contributed by atoms with van der Waals surface area (Å²) in [5.41, 5.74) is 3.68. The second-order valence-corrected chi connectivity index (χ2v) is 5.73. The molecule has 2 aliphatic rings. The number of piperidine rings is 1. The molecule has 3 rings (SSSR count). The standard InChI is InChI=1S/C16H17N3O4/c20-14-9-13(17-18-14)15(21)19-7-5-10(6-8-19)11-3-1-2-4-12(11)16(22)23/h1-4,10H,5-9H2,(H,18,20)(H,22,23). The van der Waals surface area contributed by atoms with Gasteiger partial charge in [-0.3, -0.25) is 9.59 Å². The van der Waals surface area contributed by atoms with E-state index in [2.05, 4.69) is 10.5 Å². The maximum atomic E-state index is 12.3. The molecule has 7 heteroatoms. The highest BCUT2D eigenvalue weighted by Crippen LogP contribution is 2.30. The zero-order valence-electron chi connectivity index (χ0n) is 12.5. The van der Waals surface area contributed by atoms with Gasteiger partial charge in [-0.15, -0.1) is 0 Å². The minimum atomic E-state index is -0.927. The van der Waals surface area contributed by atoms with Crippen molar-refractivity contribution in [3.63, 3.8) is 0 Å². The SMILES string of the molecule is O=C1CC(C(=O)N2CCC(c3ccccc3C(=O)O)CC2)=NN1. The third-order valence-electron chi connectivity index (χ3n) is 4.30. The zero-order valence-corrected chi connectivity index (χ0v) is 12.5. The van der Waals surface area contributed by atoms with Crippen LogP contribution in [0.25, 0.3) is 0 Å². The first kappa shape index (κ1) is 15.2. The van der Waals surface area contributed by atoms with Crippen LogP contribution >= 0.6 is 0 Å². The van der Waals surface area contributed by atoms with E-state index in [9.17, 15) is 19.5 Å². The van der Waals surface area contributed by atoms with Gasteiger partial charge in [0.15, 0.2) is 0 Å². The van der Waals surface area contributed by atoms with E-state index in [0.29, 0.717) is 31.5 Å². The van der Waals surface area contributed by atoms with Gasteiger partial charge < -0.3 is 10.0 Å². The van der Waals surface area contributed by atoms with Crippen molar-refractivity contribution in [1.82, 2.24) is 10.3 Å². The Morgan fingerprint density at radius 2 is 1.91 bits per heavy atom. The fourth-order valence-corrected chi connectivity index (χ4v) is 3.11. The number of benzene rings is 1. The first-order chi connectivity index (χ1) is 11.1. The van der Waals surface area contributed by atoms with Crippen molar-refractivity contribution in [2.75, 3.05) is 13.1 Å². The largest absolute Gasteiger partial charge is 0.478 e. The van der Waals surface area contributed by atoms with Crippen molar-refractivity contribution < 1.29 is 19.5 Å². The second-order valence-electron chi connectivity index (χ2n) is 5.73. The molecule has 120 valence electrons. The summed E-state index contributed by atoms with van der Waals surface area (Å²) >= 11 is 0. The van der Waals surface area contributed by atoms with Crippen LogP contribution in [0.1, 0.15) is 41.1 Å².